The number of ether oxygens (including phenoxy) is 2. The van der Waals surface area contributed by atoms with Crippen molar-refractivity contribution in [3.05, 3.63) is 33.2 Å². The van der Waals surface area contributed by atoms with Gasteiger partial charge in [-0.1, -0.05) is 20.3 Å². The Kier molecular flexibility index (Phi) is 6.01. The predicted molar refractivity (Wildman–Crippen MR) is 107 cm³/mol. The Morgan fingerprint density at radius 1 is 1.32 bits per heavy atom. The van der Waals surface area contributed by atoms with Crippen molar-refractivity contribution in [3.63, 3.8) is 0 Å². The highest BCUT2D eigenvalue weighted by molar-refractivity contribution is 5.93. The van der Waals surface area contributed by atoms with Crippen molar-refractivity contribution in [2.45, 2.75) is 71.5 Å². The third-order valence-electron chi connectivity index (χ3n) is 5.24. The number of hydrogen-bond donors (Lipinski definition) is 2. The quantitative estimate of drug-likeness (QED) is 0.702. The zero-order valence-electron chi connectivity index (χ0n) is 17.1. The molecule has 0 spiro atoms. The largest absolute Gasteiger partial charge is 0.490 e. The molecule has 154 valence electrons. The zero-order chi connectivity index (χ0) is 20.5. The van der Waals surface area contributed by atoms with Gasteiger partial charge in [-0.05, 0) is 45.1 Å². The Hall–Kier alpha value is -2.05. The number of fused-ring (bicyclic) bond motifs is 3. The van der Waals surface area contributed by atoms with E-state index in [0.717, 1.165) is 29.4 Å². The Balaban J connectivity index is 2.45. The fraction of sp³-hybridized carbons (Fsp3) is 0.591. The summed E-state index contributed by atoms with van der Waals surface area (Å²) >= 11 is 0. The number of aryl methyl sites for hydroxylation is 1. The first-order chi connectivity index (χ1) is 13.3. The van der Waals surface area contributed by atoms with Gasteiger partial charge in [0.15, 0.2) is 5.58 Å². The lowest BCUT2D eigenvalue weighted by Crippen LogP contribution is -2.33. The minimum atomic E-state index is -0.851. The summed E-state index contributed by atoms with van der Waals surface area (Å²) in [7, 11) is 0. The molecule has 28 heavy (non-hydrogen) atoms. The number of benzene rings is 1. The molecular weight excluding hydrogens is 360 g/mol. The molecule has 1 aromatic heterocycles. The molecule has 1 unspecified atom stereocenters. The van der Waals surface area contributed by atoms with Gasteiger partial charge in [0.25, 0.3) is 0 Å². The Labute approximate surface area is 165 Å². The lowest BCUT2D eigenvalue weighted by molar-refractivity contribution is 0.0841. The molecule has 0 amide bonds. The van der Waals surface area contributed by atoms with Crippen LogP contribution < -0.4 is 15.1 Å². The van der Waals surface area contributed by atoms with Crippen LogP contribution in [0.1, 0.15) is 69.8 Å². The second-order valence-electron chi connectivity index (χ2n) is 7.95. The summed E-state index contributed by atoms with van der Waals surface area (Å²) in [6.45, 7) is 7.91. The summed E-state index contributed by atoms with van der Waals surface area (Å²) in [5.74, 6) is 1.14. The van der Waals surface area contributed by atoms with Gasteiger partial charge in [-0.25, -0.2) is 4.79 Å². The van der Waals surface area contributed by atoms with E-state index < -0.39 is 11.7 Å². The molecule has 0 bridgehead atoms. The number of rotatable bonds is 7. The third kappa shape index (κ3) is 3.76. The Morgan fingerprint density at radius 3 is 2.71 bits per heavy atom. The molecular formula is C22H30O6. The topological polar surface area (TPSA) is 89.1 Å². The molecule has 0 fully saturated rings. The molecule has 3 rings (SSSR count). The molecule has 1 aromatic carbocycles. The average molecular weight is 390 g/mol. The van der Waals surface area contributed by atoms with E-state index >= 15 is 0 Å². The van der Waals surface area contributed by atoms with Gasteiger partial charge in [0, 0.05) is 11.6 Å². The SMILES string of the molecule is CCCc1cc(=O)oc2c(C(O)CC)c(OCCO)c3c(c12)OC(C)(C)CC3. The molecule has 6 nitrogen and oxygen atoms in total. The molecule has 2 N–H and O–H groups in total. The molecule has 0 saturated carbocycles. The van der Waals surface area contributed by atoms with Crippen molar-refractivity contribution in [3.8, 4) is 11.5 Å². The molecule has 1 atom stereocenters. The minimum Gasteiger partial charge on any atom is -0.490 e. The van der Waals surface area contributed by atoms with Gasteiger partial charge < -0.3 is 24.1 Å². The van der Waals surface area contributed by atoms with Crippen LogP contribution in [0.4, 0.5) is 0 Å². The summed E-state index contributed by atoms with van der Waals surface area (Å²) in [5.41, 5.74) is 1.72. The predicted octanol–water partition coefficient (Wildman–Crippen LogP) is 3.66. The monoisotopic (exact) mass is 390 g/mol. The first-order valence-electron chi connectivity index (χ1n) is 10.1. The van der Waals surface area contributed by atoms with Crippen molar-refractivity contribution in [2.75, 3.05) is 13.2 Å². The molecule has 1 aliphatic heterocycles. The Morgan fingerprint density at radius 2 is 2.07 bits per heavy atom. The highest BCUT2D eigenvalue weighted by Gasteiger charge is 2.35. The van der Waals surface area contributed by atoms with Gasteiger partial charge in [0.05, 0.1) is 23.7 Å². The van der Waals surface area contributed by atoms with Crippen LogP contribution in [0.2, 0.25) is 0 Å². The van der Waals surface area contributed by atoms with Gasteiger partial charge in [-0.3, -0.25) is 0 Å². The lowest BCUT2D eigenvalue weighted by atomic mass is 9.87. The average Bonchev–Trinajstić information content (AvgIpc) is 2.64. The van der Waals surface area contributed by atoms with Gasteiger partial charge in [-0.2, -0.15) is 0 Å². The highest BCUT2D eigenvalue weighted by atomic mass is 16.5. The van der Waals surface area contributed by atoms with Crippen molar-refractivity contribution in [1.29, 1.82) is 0 Å². The fourth-order valence-electron chi connectivity index (χ4n) is 3.88. The maximum absolute atomic E-state index is 12.3. The van der Waals surface area contributed by atoms with Crippen LogP contribution >= 0.6 is 0 Å². The van der Waals surface area contributed by atoms with E-state index in [9.17, 15) is 15.0 Å². The normalized spacial score (nSPS) is 16.5. The molecule has 6 heteroatoms. The standard InChI is InChI=1S/C22H30O6/c1-5-7-13-12-16(25)27-21-17(13)20-14(8-9-22(3,4)28-20)19(26-11-10-23)18(21)15(24)6-2/h12,15,23-24H,5-11H2,1-4H3. The van der Waals surface area contributed by atoms with Crippen LogP contribution in [0.3, 0.4) is 0 Å². The second kappa shape index (κ2) is 8.13. The van der Waals surface area contributed by atoms with Crippen LogP contribution in [0, 0.1) is 0 Å². The fourth-order valence-corrected chi connectivity index (χ4v) is 3.88. The van der Waals surface area contributed by atoms with Gasteiger partial charge >= 0.3 is 5.63 Å². The zero-order valence-corrected chi connectivity index (χ0v) is 17.1. The highest BCUT2D eigenvalue weighted by Crippen LogP contribution is 2.49. The lowest BCUT2D eigenvalue weighted by Gasteiger charge is -2.35. The van der Waals surface area contributed by atoms with Gasteiger partial charge in [0.1, 0.15) is 23.7 Å². The molecule has 0 aliphatic carbocycles. The summed E-state index contributed by atoms with van der Waals surface area (Å²) in [4.78, 5) is 12.3. The smallest absolute Gasteiger partial charge is 0.336 e. The van der Waals surface area contributed by atoms with E-state index in [1.807, 2.05) is 20.8 Å². The molecule has 2 aromatic rings. The van der Waals surface area contributed by atoms with Crippen LogP contribution in [0.5, 0.6) is 11.5 Å². The van der Waals surface area contributed by atoms with Crippen LogP contribution in [-0.2, 0) is 12.8 Å². The van der Waals surface area contributed by atoms with Crippen LogP contribution in [-0.4, -0.2) is 29.0 Å². The summed E-state index contributed by atoms with van der Waals surface area (Å²) < 4.78 is 17.9. The van der Waals surface area contributed by atoms with Crippen LogP contribution in [0.15, 0.2) is 15.3 Å². The third-order valence-corrected chi connectivity index (χ3v) is 5.24. The van der Waals surface area contributed by atoms with Crippen molar-refractivity contribution < 1.29 is 24.1 Å². The first-order valence-corrected chi connectivity index (χ1v) is 10.1. The van der Waals surface area contributed by atoms with E-state index in [-0.39, 0.29) is 18.8 Å². The number of aliphatic hydroxyl groups is 2. The molecule has 1 aliphatic rings. The van der Waals surface area contributed by atoms with Gasteiger partial charge in [0.2, 0.25) is 0 Å². The van der Waals surface area contributed by atoms with Crippen molar-refractivity contribution in [2.24, 2.45) is 0 Å². The molecule has 2 heterocycles. The summed E-state index contributed by atoms with van der Waals surface area (Å²) in [6.07, 6.45) is 2.67. The van der Waals surface area contributed by atoms with Crippen LogP contribution in [0.25, 0.3) is 11.0 Å². The van der Waals surface area contributed by atoms with E-state index in [1.165, 1.54) is 6.07 Å². The van der Waals surface area contributed by atoms with Crippen molar-refractivity contribution in [1.82, 2.24) is 0 Å². The maximum Gasteiger partial charge on any atom is 0.336 e. The summed E-state index contributed by atoms with van der Waals surface area (Å²) in [5, 5.41) is 20.8. The molecule has 0 saturated heterocycles. The number of aliphatic hydroxyl groups excluding tert-OH is 2. The van der Waals surface area contributed by atoms with E-state index in [1.54, 1.807) is 0 Å². The minimum absolute atomic E-state index is 0.0870. The van der Waals surface area contributed by atoms with E-state index in [4.69, 9.17) is 13.9 Å². The number of hydrogen-bond acceptors (Lipinski definition) is 6. The van der Waals surface area contributed by atoms with Crippen molar-refractivity contribution >= 4 is 11.0 Å². The summed E-state index contributed by atoms with van der Waals surface area (Å²) in [6, 6.07) is 1.52. The van der Waals surface area contributed by atoms with E-state index in [2.05, 4.69) is 6.92 Å². The van der Waals surface area contributed by atoms with E-state index in [0.29, 0.717) is 41.9 Å². The maximum atomic E-state index is 12.3. The van der Waals surface area contributed by atoms with Gasteiger partial charge in [-0.15, -0.1) is 0 Å². The Bertz CT molecular complexity index is 912. The first kappa shape index (κ1) is 20.7. The second-order valence-corrected chi connectivity index (χ2v) is 7.95. The molecule has 0 radical (unpaired) electrons.